The number of rotatable bonds is 3. The monoisotopic (exact) mass is 340 g/mol. The molecule has 0 atom stereocenters. The predicted molar refractivity (Wildman–Crippen MR) is 78.8 cm³/mol. The molecule has 3 N–H and O–H groups in total. The number of hydrogen-bond donors (Lipinski definition) is 2. The van der Waals surface area contributed by atoms with Crippen molar-refractivity contribution in [2.24, 2.45) is 0 Å². The molecule has 0 bridgehead atoms. The maximum atomic E-state index is 12.9. The van der Waals surface area contributed by atoms with Gasteiger partial charge in [-0.2, -0.15) is 5.10 Å². The second-order valence-electron chi connectivity index (χ2n) is 4.42. The molecule has 0 unspecified atom stereocenters. The van der Waals surface area contributed by atoms with Crippen LogP contribution in [-0.4, -0.2) is 15.7 Å². The summed E-state index contributed by atoms with van der Waals surface area (Å²) in [4.78, 5) is 12.0. The molecule has 1 aromatic carbocycles. The molecule has 0 aliphatic heterocycles. The van der Waals surface area contributed by atoms with E-state index in [4.69, 9.17) is 5.73 Å². The number of hydrogen-bond acceptors (Lipinski definition) is 3. The van der Waals surface area contributed by atoms with Crippen LogP contribution >= 0.6 is 15.9 Å². The Morgan fingerprint density at radius 3 is 2.75 bits per heavy atom. The average molecular weight is 341 g/mol. The molecule has 7 heteroatoms. The van der Waals surface area contributed by atoms with Gasteiger partial charge in [-0.1, -0.05) is 0 Å². The number of carbonyl (C=O) groups is 1. The number of aryl methyl sites for hydroxylation is 1. The van der Waals surface area contributed by atoms with Gasteiger partial charge in [0.1, 0.15) is 12.4 Å². The standard InChI is InChI=1S/C13H14BrFN4O/c1-7-13(14)8(2)19(18-7)6-12(20)17-11-4-3-9(15)5-10(11)16/h3-5H,6,16H2,1-2H3,(H,17,20). The minimum atomic E-state index is -0.442. The first-order valence-electron chi connectivity index (χ1n) is 5.93. The molecule has 5 nitrogen and oxygen atoms in total. The first-order valence-corrected chi connectivity index (χ1v) is 6.72. The molecular weight excluding hydrogens is 327 g/mol. The molecule has 0 spiro atoms. The highest BCUT2D eigenvalue weighted by atomic mass is 79.9. The van der Waals surface area contributed by atoms with Gasteiger partial charge >= 0.3 is 0 Å². The zero-order chi connectivity index (χ0) is 14.9. The van der Waals surface area contributed by atoms with Crippen LogP contribution in [0.25, 0.3) is 0 Å². The molecule has 106 valence electrons. The van der Waals surface area contributed by atoms with Crippen molar-refractivity contribution < 1.29 is 9.18 Å². The Bertz CT molecular complexity index is 669. The first-order chi connectivity index (χ1) is 9.38. The Balaban J connectivity index is 2.11. The number of aromatic nitrogens is 2. The summed E-state index contributed by atoms with van der Waals surface area (Å²) in [5, 5.41) is 6.88. The lowest BCUT2D eigenvalue weighted by molar-refractivity contribution is -0.116. The number of carbonyl (C=O) groups excluding carboxylic acids is 1. The van der Waals surface area contributed by atoms with Crippen LogP contribution in [0.5, 0.6) is 0 Å². The number of nitrogens with two attached hydrogens (primary N) is 1. The van der Waals surface area contributed by atoms with Crippen LogP contribution in [-0.2, 0) is 11.3 Å². The van der Waals surface area contributed by atoms with Crippen LogP contribution < -0.4 is 11.1 Å². The first kappa shape index (κ1) is 14.5. The second kappa shape index (κ2) is 5.62. The fourth-order valence-electron chi connectivity index (χ4n) is 1.80. The summed E-state index contributed by atoms with van der Waals surface area (Å²) < 4.78 is 15.4. The molecule has 1 heterocycles. The van der Waals surface area contributed by atoms with Gasteiger partial charge in [-0.25, -0.2) is 4.39 Å². The number of amides is 1. The SMILES string of the molecule is Cc1nn(CC(=O)Nc2ccc(F)cc2N)c(C)c1Br. The van der Waals surface area contributed by atoms with Crippen molar-refractivity contribution in [3.05, 3.63) is 39.9 Å². The van der Waals surface area contributed by atoms with Gasteiger partial charge in [0.05, 0.1) is 27.2 Å². The molecule has 2 aromatic rings. The van der Waals surface area contributed by atoms with E-state index in [1.165, 1.54) is 12.1 Å². The lowest BCUT2D eigenvalue weighted by Gasteiger charge is -2.09. The molecular formula is C13H14BrFN4O. The Labute approximate surface area is 124 Å². The molecule has 0 radical (unpaired) electrons. The molecule has 0 aliphatic rings. The van der Waals surface area contributed by atoms with Crippen LogP contribution in [0.15, 0.2) is 22.7 Å². The van der Waals surface area contributed by atoms with Gasteiger partial charge in [-0.05, 0) is 48.0 Å². The fourth-order valence-corrected chi connectivity index (χ4v) is 2.09. The third kappa shape index (κ3) is 2.98. The van der Waals surface area contributed by atoms with Crippen molar-refractivity contribution in [3.8, 4) is 0 Å². The van der Waals surface area contributed by atoms with Gasteiger partial charge < -0.3 is 11.1 Å². The molecule has 1 aromatic heterocycles. The smallest absolute Gasteiger partial charge is 0.246 e. The van der Waals surface area contributed by atoms with Crippen molar-refractivity contribution in [1.82, 2.24) is 9.78 Å². The number of nitrogens with zero attached hydrogens (tertiary/aromatic N) is 2. The molecule has 0 fully saturated rings. The quantitative estimate of drug-likeness (QED) is 0.843. The van der Waals surface area contributed by atoms with Crippen molar-refractivity contribution in [2.75, 3.05) is 11.1 Å². The maximum Gasteiger partial charge on any atom is 0.246 e. The van der Waals surface area contributed by atoms with E-state index in [1.54, 1.807) is 4.68 Å². The number of benzene rings is 1. The van der Waals surface area contributed by atoms with Crippen molar-refractivity contribution in [1.29, 1.82) is 0 Å². The van der Waals surface area contributed by atoms with Crippen LogP contribution in [0.4, 0.5) is 15.8 Å². The number of nitrogen functional groups attached to an aromatic ring is 1. The Hall–Kier alpha value is -1.89. The van der Waals surface area contributed by atoms with E-state index in [-0.39, 0.29) is 18.1 Å². The van der Waals surface area contributed by atoms with Crippen molar-refractivity contribution >= 4 is 33.2 Å². The normalized spacial score (nSPS) is 10.6. The van der Waals surface area contributed by atoms with Crippen LogP contribution in [0.2, 0.25) is 0 Å². The second-order valence-corrected chi connectivity index (χ2v) is 5.22. The van der Waals surface area contributed by atoms with E-state index < -0.39 is 5.82 Å². The van der Waals surface area contributed by atoms with E-state index in [9.17, 15) is 9.18 Å². The summed E-state index contributed by atoms with van der Waals surface area (Å²) in [6.45, 7) is 3.78. The predicted octanol–water partition coefficient (Wildman–Crippen LogP) is 2.62. The lowest BCUT2D eigenvalue weighted by atomic mass is 10.2. The summed E-state index contributed by atoms with van der Waals surface area (Å²) in [5.41, 5.74) is 7.89. The molecule has 1 amide bonds. The molecule has 0 saturated heterocycles. The largest absolute Gasteiger partial charge is 0.397 e. The Kier molecular flexibility index (Phi) is 4.08. The summed E-state index contributed by atoms with van der Waals surface area (Å²) in [6, 6.07) is 3.83. The molecule has 0 saturated carbocycles. The van der Waals surface area contributed by atoms with E-state index in [1.807, 2.05) is 13.8 Å². The molecule has 2 rings (SSSR count). The van der Waals surface area contributed by atoms with Crippen LogP contribution in [0.1, 0.15) is 11.4 Å². The minimum Gasteiger partial charge on any atom is -0.397 e. The van der Waals surface area contributed by atoms with Gasteiger partial charge in [0.2, 0.25) is 5.91 Å². The van der Waals surface area contributed by atoms with Crippen LogP contribution in [0.3, 0.4) is 0 Å². The third-order valence-corrected chi connectivity index (χ3v) is 4.02. The Morgan fingerprint density at radius 2 is 2.20 bits per heavy atom. The minimum absolute atomic E-state index is 0.0646. The summed E-state index contributed by atoms with van der Waals surface area (Å²) in [6.07, 6.45) is 0. The van der Waals surface area contributed by atoms with Crippen LogP contribution in [0, 0.1) is 19.7 Å². The lowest BCUT2D eigenvalue weighted by Crippen LogP contribution is -2.21. The van der Waals surface area contributed by atoms with E-state index in [2.05, 4.69) is 26.3 Å². The molecule has 0 aliphatic carbocycles. The molecule has 20 heavy (non-hydrogen) atoms. The van der Waals surface area contributed by atoms with Gasteiger partial charge in [0, 0.05) is 0 Å². The Morgan fingerprint density at radius 1 is 1.50 bits per heavy atom. The summed E-state index contributed by atoms with van der Waals surface area (Å²) >= 11 is 3.40. The third-order valence-electron chi connectivity index (χ3n) is 2.87. The van der Waals surface area contributed by atoms with Gasteiger partial charge in [0.25, 0.3) is 0 Å². The van der Waals surface area contributed by atoms with Crippen molar-refractivity contribution in [3.63, 3.8) is 0 Å². The zero-order valence-corrected chi connectivity index (χ0v) is 12.7. The van der Waals surface area contributed by atoms with E-state index in [0.29, 0.717) is 5.69 Å². The number of halogens is 2. The summed E-state index contributed by atoms with van der Waals surface area (Å²) in [7, 11) is 0. The zero-order valence-electron chi connectivity index (χ0n) is 11.1. The van der Waals surface area contributed by atoms with E-state index >= 15 is 0 Å². The fraction of sp³-hybridized carbons (Fsp3) is 0.231. The van der Waals surface area contributed by atoms with Crippen molar-refractivity contribution in [2.45, 2.75) is 20.4 Å². The average Bonchev–Trinajstić information content (AvgIpc) is 2.61. The van der Waals surface area contributed by atoms with Gasteiger partial charge in [-0.3, -0.25) is 9.48 Å². The summed E-state index contributed by atoms with van der Waals surface area (Å²) in [5.74, 6) is -0.718. The highest BCUT2D eigenvalue weighted by Crippen LogP contribution is 2.21. The van der Waals surface area contributed by atoms with Gasteiger partial charge in [-0.15, -0.1) is 0 Å². The topological polar surface area (TPSA) is 72.9 Å². The number of anilines is 2. The number of nitrogens with one attached hydrogen (secondary N) is 1. The highest BCUT2D eigenvalue weighted by molar-refractivity contribution is 9.10. The van der Waals surface area contributed by atoms with E-state index in [0.717, 1.165) is 21.9 Å². The maximum absolute atomic E-state index is 12.9. The van der Waals surface area contributed by atoms with Gasteiger partial charge in [0.15, 0.2) is 0 Å². The highest BCUT2D eigenvalue weighted by Gasteiger charge is 2.12.